The topological polar surface area (TPSA) is 35.5 Å². The van der Waals surface area contributed by atoms with Crippen LogP contribution in [-0.2, 0) is 0 Å². The highest BCUT2D eigenvalue weighted by molar-refractivity contribution is 9.10. The molecule has 3 nitrogen and oxygen atoms in total. The van der Waals surface area contributed by atoms with Gasteiger partial charge in [-0.05, 0) is 58.4 Å². The summed E-state index contributed by atoms with van der Waals surface area (Å²) in [6.45, 7) is 0.684. The number of carbonyl (C=O) groups excluding carboxylic acids is 1. The average Bonchev–Trinajstić information content (AvgIpc) is 2.46. The molecule has 0 aromatic heterocycles. The second-order valence-corrected chi connectivity index (χ2v) is 4.81. The number of rotatable bonds is 6. The van der Waals surface area contributed by atoms with Crippen LogP contribution in [0, 0.1) is 5.82 Å². The molecule has 0 N–H and O–H groups in total. The minimum atomic E-state index is -0.298. The van der Waals surface area contributed by atoms with Crippen molar-refractivity contribution in [2.24, 2.45) is 0 Å². The summed E-state index contributed by atoms with van der Waals surface area (Å²) in [6, 6.07) is 10.9. The van der Waals surface area contributed by atoms with Crippen LogP contribution in [-0.4, -0.2) is 19.5 Å². The maximum Gasteiger partial charge on any atom is 0.150 e. The Morgan fingerprint density at radius 2 is 1.75 bits per heavy atom. The summed E-state index contributed by atoms with van der Waals surface area (Å²) in [4.78, 5) is 10.6. The van der Waals surface area contributed by atoms with Gasteiger partial charge in [-0.2, -0.15) is 0 Å². The zero-order valence-electron chi connectivity index (χ0n) is 10.5. The maximum absolute atomic E-state index is 12.7. The van der Waals surface area contributed by atoms with Crippen LogP contribution in [0.4, 0.5) is 4.39 Å². The summed E-state index contributed by atoms with van der Waals surface area (Å²) in [5.74, 6) is 0.927. The van der Waals surface area contributed by atoms with Gasteiger partial charge in [0.2, 0.25) is 0 Å². The van der Waals surface area contributed by atoms with Gasteiger partial charge in [0.25, 0.3) is 0 Å². The Bertz CT molecular complexity index is 584. The second kappa shape index (κ2) is 7.05. The second-order valence-electron chi connectivity index (χ2n) is 3.96. The van der Waals surface area contributed by atoms with Crippen molar-refractivity contribution in [1.82, 2.24) is 0 Å². The SMILES string of the molecule is O=Cc1ccc(OCCOc2ccc(F)cc2)c(Br)c1. The molecule has 0 bridgehead atoms. The highest BCUT2D eigenvalue weighted by Gasteiger charge is 2.02. The van der Waals surface area contributed by atoms with Gasteiger partial charge in [0.05, 0.1) is 4.47 Å². The summed E-state index contributed by atoms with van der Waals surface area (Å²) in [5.41, 5.74) is 0.576. The number of hydrogen-bond donors (Lipinski definition) is 0. The predicted octanol–water partition coefficient (Wildman–Crippen LogP) is 3.86. The van der Waals surface area contributed by atoms with Gasteiger partial charge in [0, 0.05) is 5.56 Å². The first-order valence-electron chi connectivity index (χ1n) is 5.95. The molecule has 0 saturated heterocycles. The van der Waals surface area contributed by atoms with E-state index in [0.29, 0.717) is 34.7 Å². The van der Waals surface area contributed by atoms with Gasteiger partial charge >= 0.3 is 0 Å². The van der Waals surface area contributed by atoms with Crippen LogP contribution in [0.2, 0.25) is 0 Å². The van der Waals surface area contributed by atoms with Crippen LogP contribution in [0.3, 0.4) is 0 Å². The molecule has 5 heteroatoms. The van der Waals surface area contributed by atoms with Crippen LogP contribution in [0.5, 0.6) is 11.5 Å². The minimum absolute atomic E-state index is 0.298. The first-order chi connectivity index (χ1) is 9.69. The Hall–Kier alpha value is -1.88. The molecule has 0 amide bonds. The van der Waals surface area contributed by atoms with Crippen molar-refractivity contribution >= 4 is 22.2 Å². The summed E-state index contributed by atoms with van der Waals surface area (Å²) in [7, 11) is 0. The lowest BCUT2D eigenvalue weighted by Gasteiger charge is -2.10. The first kappa shape index (κ1) is 14.5. The molecule has 2 aromatic carbocycles. The Morgan fingerprint density at radius 1 is 1.05 bits per heavy atom. The fourth-order valence-electron chi connectivity index (χ4n) is 1.55. The van der Waals surface area contributed by atoms with Crippen LogP contribution < -0.4 is 9.47 Å². The Morgan fingerprint density at radius 3 is 2.40 bits per heavy atom. The third kappa shape index (κ3) is 4.06. The molecular weight excluding hydrogens is 327 g/mol. The molecule has 0 spiro atoms. The van der Waals surface area contributed by atoms with E-state index >= 15 is 0 Å². The molecule has 0 heterocycles. The predicted molar refractivity (Wildman–Crippen MR) is 76.9 cm³/mol. The van der Waals surface area contributed by atoms with E-state index in [1.54, 1.807) is 30.3 Å². The zero-order chi connectivity index (χ0) is 14.4. The molecule has 0 aliphatic carbocycles. The standard InChI is InChI=1S/C15H12BrFO3/c16-14-9-11(10-18)1-6-15(14)20-8-7-19-13-4-2-12(17)3-5-13/h1-6,9-10H,7-8H2. The lowest BCUT2D eigenvalue weighted by molar-refractivity contribution is 0.112. The molecule has 0 unspecified atom stereocenters. The number of carbonyl (C=O) groups is 1. The van der Waals surface area contributed by atoms with Gasteiger partial charge in [-0.1, -0.05) is 0 Å². The summed E-state index contributed by atoms with van der Waals surface area (Å²) >= 11 is 3.33. The van der Waals surface area contributed by atoms with Gasteiger partial charge in [0.15, 0.2) is 0 Å². The van der Waals surface area contributed by atoms with E-state index in [-0.39, 0.29) is 5.82 Å². The zero-order valence-corrected chi connectivity index (χ0v) is 12.1. The van der Waals surface area contributed by atoms with Crippen molar-refractivity contribution in [3.8, 4) is 11.5 Å². The number of benzene rings is 2. The van der Waals surface area contributed by atoms with Gasteiger partial charge in [-0.25, -0.2) is 4.39 Å². The van der Waals surface area contributed by atoms with E-state index in [2.05, 4.69) is 15.9 Å². The first-order valence-corrected chi connectivity index (χ1v) is 6.74. The number of ether oxygens (including phenoxy) is 2. The third-order valence-electron chi connectivity index (χ3n) is 2.52. The van der Waals surface area contributed by atoms with Crippen LogP contribution >= 0.6 is 15.9 Å². The lowest BCUT2D eigenvalue weighted by Crippen LogP contribution is -2.09. The quantitative estimate of drug-likeness (QED) is 0.592. The smallest absolute Gasteiger partial charge is 0.150 e. The Kier molecular flexibility index (Phi) is 5.12. The van der Waals surface area contributed by atoms with E-state index in [1.807, 2.05) is 0 Å². The maximum atomic E-state index is 12.7. The van der Waals surface area contributed by atoms with Gasteiger partial charge in [0.1, 0.15) is 36.8 Å². The van der Waals surface area contributed by atoms with Crippen molar-refractivity contribution in [3.63, 3.8) is 0 Å². The molecule has 20 heavy (non-hydrogen) atoms. The molecular formula is C15H12BrFO3. The van der Waals surface area contributed by atoms with Crippen molar-refractivity contribution in [2.45, 2.75) is 0 Å². The Labute approximate surface area is 124 Å². The highest BCUT2D eigenvalue weighted by atomic mass is 79.9. The van der Waals surface area contributed by atoms with E-state index in [4.69, 9.17) is 9.47 Å². The van der Waals surface area contributed by atoms with Gasteiger partial charge < -0.3 is 9.47 Å². The van der Waals surface area contributed by atoms with Crippen LogP contribution in [0.15, 0.2) is 46.9 Å². The molecule has 0 fully saturated rings. The van der Waals surface area contributed by atoms with Crippen molar-refractivity contribution in [3.05, 3.63) is 58.3 Å². The molecule has 0 aliphatic rings. The lowest BCUT2D eigenvalue weighted by atomic mass is 10.2. The molecule has 2 aromatic rings. The van der Waals surface area contributed by atoms with Crippen molar-refractivity contribution < 1.29 is 18.7 Å². The normalized spacial score (nSPS) is 10.1. The molecule has 0 radical (unpaired) electrons. The van der Waals surface area contributed by atoms with E-state index in [9.17, 15) is 9.18 Å². The molecule has 0 saturated carbocycles. The van der Waals surface area contributed by atoms with E-state index in [1.165, 1.54) is 12.1 Å². The van der Waals surface area contributed by atoms with E-state index < -0.39 is 0 Å². The summed E-state index contributed by atoms with van der Waals surface area (Å²) < 4.78 is 24.3. The Balaban J connectivity index is 1.81. The number of aldehydes is 1. The number of hydrogen-bond acceptors (Lipinski definition) is 3. The van der Waals surface area contributed by atoms with Crippen molar-refractivity contribution in [2.75, 3.05) is 13.2 Å². The largest absolute Gasteiger partial charge is 0.490 e. The third-order valence-corrected chi connectivity index (χ3v) is 3.13. The van der Waals surface area contributed by atoms with Gasteiger partial charge in [-0.15, -0.1) is 0 Å². The molecule has 0 aliphatic heterocycles. The number of halogens is 2. The fourth-order valence-corrected chi connectivity index (χ4v) is 2.06. The van der Waals surface area contributed by atoms with Crippen LogP contribution in [0.1, 0.15) is 10.4 Å². The van der Waals surface area contributed by atoms with Gasteiger partial charge in [-0.3, -0.25) is 4.79 Å². The summed E-state index contributed by atoms with van der Waals surface area (Å²) in [5, 5.41) is 0. The molecule has 104 valence electrons. The highest BCUT2D eigenvalue weighted by Crippen LogP contribution is 2.25. The van der Waals surface area contributed by atoms with Crippen molar-refractivity contribution in [1.29, 1.82) is 0 Å². The molecule has 2 rings (SSSR count). The fraction of sp³-hybridized carbons (Fsp3) is 0.133. The van der Waals surface area contributed by atoms with E-state index in [0.717, 1.165) is 6.29 Å². The van der Waals surface area contributed by atoms with Crippen LogP contribution in [0.25, 0.3) is 0 Å². The molecule has 0 atom stereocenters. The average molecular weight is 339 g/mol. The monoisotopic (exact) mass is 338 g/mol. The summed E-state index contributed by atoms with van der Waals surface area (Å²) in [6.07, 6.45) is 0.770. The minimum Gasteiger partial charge on any atom is -0.490 e.